The van der Waals surface area contributed by atoms with Gasteiger partial charge in [0.1, 0.15) is 18.2 Å². The minimum Gasteiger partial charge on any atom is -0.340 e. The molecule has 198 valence electrons. The first-order valence-electron chi connectivity index (χ1n) is 10.8. The van der Waals surface area contributed by atoms with Crippen molar-refractivity contribution in [1.29, 1.82) is 0 Å². The molecule has 2 N–H and O–H groups in total. The molecule has 0 unspecified atom stereocenters. The Morgan fingerprint density at radius 1 is 1.14 bits per heavy atom. The summed E-state index contributed by atoms with van der Waals surface area (Å²) in [6.45, 7) is 1.06. The zero-order chi connectivity index (χ0) is 27.0. The number of anilines is 1. The lowest BCUT2D eigenvalue weighted by Gasteiger charge is -2.34. The van der Waals surface area contributed by atoms with Crippen molar-refractivity contribution < 1.29 is 39.7 Å². The van der Waals surface area contributed by atoms with E-state index in [0.717, 1.165) is 11.6 Å². The molecule has 0 fully saturated rings. The molecule has 2 aromatic carbocycles. The molecule has 0 saturated carbocycles. The summed E-state index contributed by atoms with van der Waals surface area (Å²) < 4.78 is 96.4. The van der Waals surface area contributed by atoms with Crippen LogP contribution < -0.4 is 10.0 Å². The number of fused-ring (bicyclic) bond motifs is 1. The van der Waals surface area contributed by atoms with E-state index in [-0.39, 0.29) is 10.9 Å². The van der Waals surface area contributed by atoms with Gasteiger partial charge in [-0.1, -0.05) is 6.07 Å². The third-order valence-electron chi connectivity index (χ3n) is 5.75. The Labute approximate surface area is 207 Å². The van der Waals surface area contributed by atoms with E-state index >= 15 is 0 Å². The summed E-state index contributed by atoms with van der Waals surface area (Å²) in [5.74, 6) is -3.47. The number of hydrogen-bond donors (Lipinski definition) is 2. The number of halogens is 5. The Bertz CT molecular complexity index is 1410. The van der Waals surface area contributed by atoms with Crippen molar-refractivity contribution in [3.05, 3.63) is 70.5 Å². The minimum absolute atomic E-state index is 0.168. The number of nitrogens with zero attached hydrogens (tertiary/aromatic N) is 3. The summed E-state index contributed by atoms with van der Waals surface area (Å²) in [5, 5.41) is 4.72. The standard InChI is InChI=1S/C22H20F5N5O4S/c1-12(14-6-16(23)9-17(24)7-14)32-5-4-13-2-3-18(8-15(13)10-32)37(34,35)31-21-29-19(30-36-21)20(33)28-11-22(25,26)27/h2-3,6-9,12H,4-5,10-11H2,1H3,(H,28,33)(H,29,30,31)/t12-/m1/s1. The van der Waals surface area contributed by atoms with Crippen molar-refractivity contribution in [2.24, 2.45) is 0 Å². The van der Waals surface area contributed by atoms with Crippen LogP contribution >= 0.6 is 0 Å². The first kappa shape index (κ1) is 26.5. The van der Waals surface area contributed by atoms with E-state index in [9.17, 15) is 35.2 Å². The number of hydrogen-bond acceptors (Lipinski definition) is 7. The van der Waals surface area contributed by atoms with Gasteiger partial charge in [0.05, 0.1) is 4.90 Å². The van der Waals surface area contributed by atoms with Crippen LogP contribution in [0.25, 0.3) is 0 Å². The maximum atomic E-state index is 13.7. The first-order chi connectivity index (χ1) is 17.3. The molecular weight excluding hydrogens is 525 g/mol. The number of benzene rings is 2. The van der Waals surface area contributed by atoms with Crippen molar-refractivity contribution >= 4 is 21.9 Å². The molecular formula is C22H20F5N5O4S. The normalized spacial score (nSPS) is 15.2. The van der Waals surface area contributed by atoms with E-state index in [0.29, 0.717) is 30.6 Å². The lowest BCUT2D eigenvalue weighted by molar-refractivity contribution is -0.123. The van der Waals surface area contributed by atoms with Crippen molar-refractivity contribution in [3.8, 4) is 0 Å². The average molecular weight is 545 g/mol. The van der Waals surface area contributed by atoms with E-state index in [1.54, 1.807) is 13.0 Å². The number of carbonyl (C=O) groups is 1. The predicted octanol–water partition coefficient (Wildman–Crippen LogP) is 3.56. The molecule has 1 amide bonds. The van der Waals surface area contributed by atoms with Gasteiger partial charge in [-0.3, -0.25) is 9.69 Å². The van der Waals surface area contributed by atoms with Crippen LogP contribution in [-0.2, 0) is 23.0 Å². The lowest BCUT2D eigenvalue weighted by Crippen LogP contribution is -2.34. The van der Waals surface area contributed by atoms with Crippen molar-refractivity contribution in [2.75, 3.05) is 17.8 Å². The predicted molar refractivity (Wildman–Crippen MR) is 119 cm³/mol. The molecule has 3 aromatic rings. The van der Waals surface area contributed by atoms with Crippen LogP contribution in [0.2, 0.25) is 0 Å². The fourth-order valence-corrected chi connectivity index (χ4v) is 4.85. The molecule has 1 aromatic heterocycles. The van der Waals surface area contributed by atoms with Crippen LogP contribution in [0.3, 0.4) is 0 Å². The Hall–Kier alpha value is -3.59. The molecule has 0 spiro atoms. The van der Waals surface area contributed by atoms with Crippen LogP contribution in [0.4, 0.5) is 28.0 Å². The lowest BCUT2D eigenvalue weighted by atomic mass is 9.97. The second-order valence-electron chi connectivity index (χ2n) is 8.36. The van der Waals surface area contributed by atoms with Gasteiger partial charge in [-0.2, -0.15) is 18.2 Å². The molecule has 4 rings (SSSR count). The quantitative estimate of drug-likeness (QED) is 0.436. The highest BCUT2D eigenvalue weighted by Gasteiger charge is 2.30. The molecule has 1 aliphatic rings. The molecule has 2 heterocycles. The van der Waals surface area contributed by atoms with Gasteiger partial charge in [0.25, 0.3) is 21.8 Å². The van der Waals surface area contributed by atoms with Gasteiger partial charge in [-0.05, 0) is 59.5 Å². The molecule has 9 nitrogen and oxygen atoms in total. The third kappa shape index (κ3) is 6.40. The van der Waals surface area contributed by atoms with E-state index in [4.69, 9.17) is 0 Å². The van der Waals surface area contributed by atoms with E-state index in [2.05, 4.69) is 14.7 Å². The maximum Gasteiger partial charge on any atom is 0.405 e. The highest BCUT2D eigenvalue weighted by atomic mass is 32.2. The fourth-order valence-electron chi connectivity index (χ4n) is 3.87. The zero-order valence-electron chi connectivity index (χ0n) is 19.1. The monoisotopic (exact) mass is 545 g/mol. The molecule has 0 bridgehead atoms. The summed E-state index contributed by atoms with van der Waals surface area (Å²) in [5.41, 5.74) is 2.02. The summed E-state index contributed by atoms with van der Waals surface area (Å²) in [7, 11) is -4.27. The fraction of sp³-hybridized carbons (Fsp3) is 0.318. The van der Waals surface area contributed by atoms with Gasteiger partial charge in [-0.25, -0.2) is 21.9 Å². The van der Waals surface area contributed by atoms with Gasteiger partial charge in [-0.15, -0.1) is 0 Å². The van der Waals surface area contributed by atoms with Gasteiger partial charge in [0.15, 0.2) is 0 Å². The molecule has 15 heteroatoms. The van der Waals surface area contributed by atoms with Crippen LogP contribution in [0.15, 0.2) is 45.8 Å². The number of amides is 1. The molecule has 0 radical (unpaired) electrons. The number of alkyl halides is 3. The van der Waals surface area contributed by atoms with Gasteiger partial charge in [0, 0.05) is 25.2 Å². The largest absolute Gasteiger partial charge is 0.405 e. The van der Waals surface area contributed by atoms with Crippen molar-refractivity contribution in [3.63, 3.8) is 0 Å². The van der Waals surface area contributed by atoms with Crippen molar-refractivity contribution in [2.45, 2.75) is 37.0 Å². The smallest absolute Gasteiger partial charge is 0.340 e. The highest BCUT2D eigenvalue weighted by Crippen LogP contribution is 2.30. The second kappa shape index (κ2) is 10.0. The first-order valence-corrected chi connectivity index (χ1v) is 12.3. The van der Waals surface area contributed by atoms with Crippen LogP contribution in [-0.4, -0.2) is 48.6 Å². The molecule has 37 heavy (non-hydrogen) atoms. The topological polar surface area (TPSA) is 117 Å². The summed E-state index contributed by atoms with van der Waals surface area (Å²) in [4.78, 5) is 17.0. The van der Waals surface area contributed by atoms with Crippen LogP contribution in [0.5, 0.6) is 0 Å². The highest BCUT2D eigenvalue weighted by molar-refractivity contribution is 7.92. The Kier molecular flexibility index (Phi) is 7.19. The van der Waals surface area contributed by atoms with Gasteiger partial charge < -0.3 is 9.84 Å². The molecule has 1 atom stereocenters. The molecule has 0 aliphatic carbocycles. The second-order valence-corrected chi connectivity index (χ2v) is 10.0. The molecule has 0 saturated heterocycles. The average Bonchev–Trinajstić information content (AvgIpc) is 3.28. The Morgan fingerprint density at radius 3 is 2.51 bits per heavy atom. The number of carbonyl (C=O) groups excluding carboxylic acids is 1. The summed E-state index contributed by atoms with van der Waals surface area (Å²) in [6, 6.07) is 6.64. The van der Waals surface area contributed by atoms with E-state index in [1.165, 1.54) is 29.6 Å². The number of sulfonamides is 1. The van der Waals surface area contributed by atoms with Gasteiger partial charge >= 0.3 is 12.2 Å². The van der Waals surface area contributed by atoms with Crippen LogP contribution in [0.1, 0.15) is 40.3 Å². The zero-order valence-corrected chi connectivity index (χ0v) is 20.0. The Balaban J connectivity index is 1.48. The summed E-state index contributed by atoms with van der Waals surface area (Å²) >= 11 is 0. The van der Waals surface area contributed by atoms with Crippen molar-refractivity contribution in [1.82, 2.24) is 20.4 Å². The maximum absolute atomic E-state index is 13.7. The third-order valence-corrected chi connectivity index (χ3v) is 7.06. The number of aromatic nitrogens is 2. The van der Waals surface area contributed by atoms with Crippen LogP contribution in [0, 0.1) is 11.6 Å². The Morgan fingerprint density at radius 2 is 1.84 bits per heavy atom. The van der Waals surface area contributed by atoms with E-state index in [1.807, 2.05) is 9.62 Å². The molecule has 1 aliphatic heterocycles. The minimum atomic E-state index is -4.66. The van der Waals surface area contributed by atoms with E-state index < -0.39 is 52.1 Å². The number of nitrogens with one attached hydrogen (secondary N) is 2. The number of rotatable bonds is 7. The van der Waals surface area contributed by atoms with Gasteiger partial charge in [0.2, 0.25) is 0 Å². The summed E-state index contributed by atoms with van der Waals surface area (Å²) in [6.07, 6.45) is -4.08. The SMILES string of the molecule is C[C@H](c1cc(F)cc(F)c1)N1CCc2ccc(S(=O)(=O)Nc3nc(C(=O)NCC(F)(F)F)no3)cc2C1.